The quantitative estimate of drug-likeness (QED) is 0.636. The van der Waals surface area contributed by atoms with Crippen molar-refractivity contribution in [3.63, 3.8) is 0 Å². The maximum atomic E-state index is 10.1. The molecular weight excluding hydrogens is 174 g/mol. The van der Waals surface area contributed by atoms with E-state index in [1.54, 1.807) is 0 Å². The number of fused-ring (bicyclic) bond motifs is 1. The van der Waals surface area contributed by atoms with Gasteiger partial charge in [0.2, 0.25) is 0 Å². The molecule has 4 saturated carbocycles. The van der Waals surface area contributed by atoms with Crippen molar-refractivity contribution in [2.75, 3.05) is 0 Å². The Bertz CT molecular complexity index is 330. The van der Waals surface area contributed by atoms with Crippen molar-refractivity contribution in [3.05, 3.63) is 0 Å². The molecule has 0 saturated heterocycles. The summed E-state index contributed by atoms with van der Waals surface area (Å²) >= 11 is 0. The molecule has 0 amide bonds. The van der Waals surface area contributed by atoms with Crippen LogP contribution in [0.2, 0.25) is 0 Å². The van der Waals surface area contributed by atoms with Crippen molar-refractivity contribution >= 4 is 0 Å². The average Bonchev–Trinajstić information content (AvgIpc) is 2.84. The van der Waals surface area contributed by atoms with Crippen molar-refractivity contribution < 1.29 is 5.11 Å². The third-order valence-electron chi connectivity index (χ3n) is 5.45. The van der Waals surface area contributed by atoms with Crippen molar-refractivity contribution in [3.8, 4) is 6.07 Å². The van der Waals surface area contributed by atoms with Crippen LogP contribution in [0.1, 0.15) is 33.1 Å². The van der Waals surface area contributed by atoms with Crippen molar-refractivity contribution in [2.45, 2.75) is 39.2 Å². The van der Waals surface area contributed by atoms with Crippen molar-refractivity contribution in [2.24, 2.45) is 28.6 Å². The number of hydrogen-bond acceptors (Lipinski definition) is 2. The summed E-state index contributed by atoms with van der Waals surface area (Å²) in [4.78, 5) is 0. The first kappa shape index (κ1) is 8.73. The number of nitrogens with zero attached hydrogens (tertiary/aromatic N) is 1. The van der Waals surface area contributed by atoms with E-state index in [-0.39, 0.29) is 17.4 Å². The molecule has 0 aromatic carbocycles. The first-order valence-corrected chi connectivity index (χ1v) is 5.61. The smallest absolute Gasteiger partial charge is 0.0663 e. The summed E-state index contributed by atoms with van der Waals surface area (Å²) in [5, 5.41) is 19.1. The molecular formula is C12H17NO. The zero-order valence-corrected chi connectivity index (χ0v) is 8.83. The van der Waals surface area contributed by atoms with E-state index in [1.165, 1.54) is 6.42 Å². The van der Waals surface area contributed by atoms with Gasteiger partial charge in [0, 0.05) is 5.41 Å². The lowest BCUT2D eigenvalue weighted by Gasteiger charge is -2.62. The second-order valence-corrected chi connectivity index (χ2v) is 6.06. The minimum atomic E-state index is -0.191. The van der Waals surface area contributed by atoms with Crippen molar-refractivity contribution in [1.82, 2.24) is 0 Å². The van der Waals surface area contributed by atoms with E-state index in [4.69, 9.17) is 5.26 Å². The van der Waals surface area contributed by atoms with Gasteiger partial charge in [-0.05, 0) is 36.5 Å². The second-order valence-electron chi connectivity index (χ2n) is 6.06. The standard InChI is InChI=1S/C12H17NO/c1-11(2)7-3-9(11)12(10(14)4-7)5-8(12)6-13/h7-10,14H,3-5H2,1-2H3/t7-,8+,9-,10+,12+/m1/s1. The molecule has 0 aromatic rings. The Labute approximate surface area is 84.9 Å². The molecule has 4 aliphatic rings. The molecule has 0 radical (unpaired) electrons. The number of nitriles is 1. The largest absolute Gasteiger partial charge is 0.392 e. The van der Waals surface area contributed by atoms with Crippen LogP contribution in [0.25, 0.3) is 0 Å². The molecule has 1 spiro atoms. The van der Waals surface area contributed by atoms with Gasteiger partial charge < -0.3 is 5.11 Å². The van der Waals surface area contributed by atoms with Crippen LogP contribution in [0.4, 0.5) is 0 Å². The van der Waals surface area contributed by atoms with Crippen LogP contribution in [0, 0.1) is 39.9 Å². The Morgan fingerprint density at radius 3 is 2.57 bits per heavy atom. The molecule has 0 aromatic heterocycles. The molecule has 0 heterocycles. The summed E-state index contributed by atoms with van der Waals surface area (Å²) < 4.78 is 0. The first-order chi connectivity index (χ1) is 6.53. The van der Waals surface area contributed by atoms with E-state index in [0.717, 1.165) is 12.8 Å². The van der Waals surface area contributed by atoms with Gasteiger partial charge in [0.1, 0.15) is 0 Å². The van der Waals surface area contributed by atoms with Crippen LogP contribution < -0.4 is 0 Å². The normalized spacial score (nSPS) is 57.6. The maximum Gasteiger partial charge on any atom is 0.0663 e. The molecule has 5 atom stereocenters. The number of aliphatic hydroxyl groups excluding tert-OH is 1. The number of aliphatic hydroxyl groups is 1. The van der Waals surface area contributed by atoms with Gasteiger partial charge in [0.05, 0.1) is 18.1 Å². The van der Waals surface area contributed by atoms with E-state index in [2.05, 4.69) is 19.9 Å². The zero-order chi connectivity index (χ0) is 10.1. The molecule has 2 nitrogen and oxygen atoms in total. The molecule has 4 fully saturated rings. The Kier molecular flexibility index (Phi) is 1.35. The van der Waals surface area contributed by atoms with Crippen LogP contribution in [-0.2, 0) is 0 Å². The summed E-state index contributed by atoms with van der Waals surface area (Å²) in [6.07, 6.45) is 2.94. The van der Waals surface area contributed by atoms with Gasteiger partial charge in [-0.25, -0.2) is 0 Å². The fourth-order valence-corrected chi connectivity index (χ4v) is 4.26. The van der Waals surface area contributed by atoms with Crippen LogP contribution in [0.15, 0.2) is 0 Å². The highest BCUT2D eigenvalue weighted by Crippen LogP contribution is 2.76. The molecule has 2 bridgehead atoms. The minimum Gasteiger partial charge on any atom is -0.392 e. The predicted octanol–water partition coefficient (Wildman–Crippen LogP) is 1.94. The molecule has 14 heavy (non-hydrogen) atoms. The lowest BCUT2D eigenvalue weighted by atomic mass is 9.43. The van der Waals surface area contributed by atoms with E-state index >= 15 is 0 Å². The first-order valence-electron chi connectivity index (χ1n) is 5.61. The highest BCUT2D eigenvalue weighted by molar-refractivity contribution is 5.26. The number of hydrogen-bond donors (Lipinski definition) is 1. The SMILES string of the molecule is CC1(C)[C@@H]2C[C@H]1[C@@]1(C[C@H]1C#N)[C@@H](O)C2. The highest BCUT2D eigenvalue weighted by atomic mass is 16.3. The predicted molar refractivity (Wildman–Crippen MR) is 52.2 cm³/mol. The monoisotopic (exact) mass is 191 g/mol. The average molecular weight is 191 g/mol. The lowest BCUT2D eigenvalue weighted by molar-refractivity contribution is -0.177. The topological polar surface area (TPSA) is 44.0 Å². The van der Waals surface area contributed by atoms with Crippen LogP contribution in [0.5, 0.6) is 0 Å². The van der Waals surface area contributed by atoms with Gasteiger partial charge in [-0.15, -0.1) is 0 Å². The minimum absolute atomic E-state index is 0.00694. The van der Waals surface area contributed by atoms with Crippen molar-refractivity contribution in [1.29, 1.82) is 5.26 Å². The summed E-state index contributed by atoms with van der Waals surface area (Å²) in [6, 6.07) is 2.36. The molecule has 76 valence electrons. The Morgan fingerprint density at radius 2 is 2.07 bits per heavy atom. The van der Waals surface area contributed by atoms with Crippen LogP contribution in [-0.4, -0.2) is 11.2 Å². The fourth-order valence-electron chi connectivity index (χ4n) is 4.26. The van der Waals surface area contributed by atoms with Gasteiger partial charge in [0.15, 0.2) is 0 Å². The maximum absolute atomic E-state index is 10.1. The number of rotatable bonds is 0. The van der Waals surface area contributed by atoms with Gasteiger partial charge in [-0.1, -0.05) is 13.8 Å². The lowest BCUT2D eigenvalue weighted by Crippen LogP contribution is -2.59. The van der Waals surface area contributed by atoms with Crippen LogP contribution >= 0.6 is 0 Å². The molecule has 2 heteroatoms. The van der Waals surface area contributed by atoms with E-state index in [9.17, 15) is 5.11 Å². The summed E-state index contributed by atoms with van der Waals surface area (Å²) in [7, 11) is 0. The molecule has 4 aliphatic carbocycles. The summed E-state index contributed by atoms with van der Waals surface area (Å²) in [5.74, 6) is 1.45. The van der Waals surface area contributed by atoms with E-state index < -0.39 is 0 Å². The highest BCUT2D eigenvalue weighted by Gasteiger charge is 2.74. The Hall–Kier alpha value is -0.550. The van der Waals surface area contributed by atoms with Gasteiger partial charge in [-0.2, -0.15) is 5.26 Å². The third kappa shape index (κ3) is 0.694. The Morgan fingerprint density at radius 1 is 1.36 bits per heavy atom. The van der Waals surface area contributed by atoms with Gasteiger partial charge in [0.25, 0.3) is 0 Å². The third-order valence-corrected chi connectivity index (χ3v) is 5.45. The van der Waals surface area contributed by atoms with Gasteiger partial charge >= 0.3 is 0 Å². The molecule has 4 rings (SSSR count). The second kappa shape index (κ2) is 2.17. The van der Waals surface area contributed by atoms with E-state index in [1.807, 2.05) is 0 Å². The molecule has 0 unspecified atom stereocenters. The Balaban J connectivity index is 1.95. The van der Waals surface area contributed by atoms with Crippen LogP contribution in [0.3, 0.4) is 0 Å². The fraction of sp³-hybridized carbons (Fsp3) is 0.917. The summed E-state index contributed by atoms with van der Waals surface area (Å²) in [6.45, 7) is 4.62. The summed E-state index contributed by atoms with van der Waals surface area (Å²) in [5.41, 5.74) is 0.387. The van der Waals surface area contributed by atoms with Gasteiger partial charge in [-0.3, -0.25) is 0 Å². The van der Waals surface area contributed by atoms with E-state index in [0.29, 0.717) is 17.3 Å². The zero-order valence-electron chi connectivity index (χ0n) is 8.83. The molecule has 0 aliphatic heterocycles. The molecule has 1 N–H and O–H groups in total.